The normalized spacial score (nSPS) is 10.4. The van der Waals surface area contributed by atoms with Crippen LogP contribution in [0, 0.1) is 5.82 Å². The minimum Gasteiger partial charge on any atom is -0.490 e. The van der Waals surface area contributed by atoms with Crippen molar-refractivity contribution in [2.24, 2.45) is 5.73 Å². The maximum atomic E-state index is 12.7. The lowest BCUT2D eigenvalue weighted by molar-refractivity contribution is 0.216. The van der Waals surface area contributed by atoms with Crippen LogP contribution in [-0.2, 0) is 6.42 Å². The highest BCUT2D eigenvalue weighted by Gasteiger charge is 2.04. The van der Waals surface area contributed by atoms with Gasteiger partial charge in [-0.1, -0.05) is 11.6 Å². The van der Waals surface area contributed by atoms with Gasteiger partial charge >= 0.3 is 0 Å². The van der Waals surface area contributed by atoms with Crippen LogP contribution in [0.5, 0.6) is 11.5 Å². The van der Waals surface area contributed by atoms with E-state index in [-0.39, 0.29) is 5.82 Å². The highest BCUT2D eigenvalue weighted by molar-refractivity contribution is 6.30. The number of nitrogens with two attached hydrogens (primary N) is 1. The van der Waals surface area contributed by atoms with Gasteiger partial charge in [0, 0.05) is 5.02 Å². The number of hydrogen-bond acceptors (Lipinski definition) is 3. The van der Waals surface area contributed by atoms with Crippen LogP contribution in [0.25, 0.3) is 0 Å². The summed E-state index contributed by atoms with van der Waals surface area (Å²) in [4.78, 5) is 0. The maximum Gasteiger partial charge on any atom is 0.123 e. The molecule has 21 heavy (non-hydrogen) atoms. The Bertz CT molecular complexity index is 575. The largest absolute Gasteiger partial charge is 0.490 e. The Balaban J connectivity index is 1.84. The van der Waals surface area contributed by atoms with Crippen LogP contribution >= 0.6 is 11.6 Å². The number of hydrogen-bond donors (Lipinski definition) is 1. The molecule has 3 nitrogen and oxygen atoms in total. The molecule has 0 aliphatic heterocycles. The molecule has 0 atom stereocenters. The van der Waals surface area contributed by atoms with Gasteiger partial charge in [-0.2, -0.15) is 0 Å². The third-order valence-corrected chi connectivity index (χ3v) is 3.09. The predicted octanol–water partition coefficient (Wildman–Crippen LogP) is 3.44. The van der Waals surface area contributed by atoms with Crippen LogP contribution < -0.4 is 15.2 Å². The zero-order valence-electron chi connectivity index (χ0n) is 11.5. The molecule has 2 aromatic rings. The second-order valence-corrected chi connectivity index (χ2v) is 4.88. The van der Waals surface area contributed by atoms with E-state index in [0.717, 1.165) is 11.3 Å². The van der Waals surface area contributed by atoms with E-state index in [2.05, 4.69) is 0 Å². The number of halogens is 2. The van der Waals surface area contributed by atoms with E-state index in [1.54, 1.807) is 18.2 Å². The third kappa shape index (κ3) is 4.92. The minimum absolute atomic E-state index is 0.286. The molecule has 2 aromatic carbocycles. The van der Waals surface area contributed by atoms with E-state index in [1.807, 2.05) is 12.1 Å². The van der Waals surface area contributed by atoms with E-state index < -0.39 is 0 Å². The highest BCUT2D eigenvalue weighted by Crippen LogP contribution is 2.23. The molecule has 0 fully saturated rings. The summed E-state index contributed by atoms with van der Waals surface area (Å²) in [6, 6.07) is 11.3. The predicted molar refractivity (Wildman–Crippen MR) is 81.6 cm³/mol. The summed E-state index contributed by atoms with van der Waals surface area (Å²) in [5, 5.41) is 0.661. The quantitative estimate of drug-likeness (QED) is 0.797. The number of rotatable bonds is 7. The van der Waals surface area contributed by atoms with Gasteiger partial charge in [-0.05, 0) is 61.0 Å². The van der Waals surface area contributed by atoms with Crippen LogP contribution in [0.1, 0.15) is 5.56 Å². The Labute approximate surface area is 128 Å². The lowest BCUT2D eigenvalue weighted by Gasteiger charge is -2.12. The fourth-order valence-electron chi connectivity index (χ4n) is 1.88. The second kappa shape index (κ2) is 7.86. The topological polar surface area (TPSA) is 44.5 Å². The molecule has 0 spiro atoms. The van der Waals surface area contributed by atoms with Crippen molar-refractivity contribution in [3.05, 3.63) is 58.9 Å². The van der Waals surface area contributed by atoms with E-state index in [0.29, 0.717) is 37.0 Å². The molecule has 0 bridgehead atoms. The first-order chi connectivity index (χ1) is 10.2. The van der Waals surface area contributed by atoms with Crippen molar-refractivity contribution >= 4 is 11.6 Å². The highest BCUT2D eigenvalue weighted by atomic mass is 35.5. The zero-order chi connectivity index (χ0) is 15.1. The van der Waals surface area contributed by atoms with Crippen molar-refractivity contribution in [1.29, 1.82) is 0 Å². The van der Waals surface area contributed by atoms with Gasteiger partial charge < -0.3 is 15.2 Å². The Kier molecular flexibility index (Phi) is 5.84. The van der Waals surface area contributed by atoms with Crippen LogP contribution in [0.15, 0.2) is 42.5 Å². The van der Waals surface area contributed by atoms with Gasteiger partial charge in [-0.3, -0.25) is 0 Å². The van der Waals surface area contributed by atoms with E-state index >= 15 is 0 Å². The molecule has 0 saturated carbocycles. The van der Waals surface area contributed by atoms with Gasteiger partial charge in [-0.15, -0.1) is 0 Å². The van der Waals surface area contributed by atoms with Crippen molar-refractivity contribution in [2.45, 2.75) is 6.42 Å². The van der Waals surface area contributed by atoms with Crippen LogP contribution in [0.4, 0.5) is 4.39 Å². The van der Waals surface area contributed by atoms with E-state index in [4.69, 9.17) is 26.8 Å². The van der Waals surface area contributed by atoms with Crippen molar-refractivity contribution < 1.29 is 13.9 Å². The van der Waals surface area contributed by atoms with Crippen molar-refractivity contribution in [2.75, 3.05) is 19.8 Å². The van der Waals surface area contributed by atoms with Gasteiger partial charge in [0.2, 0.25) is 0 Å². The monoisotopic (exact) mass is 309 g/mol. The lowest BCUT2D eigenvalue weighted by atomic mass is 10.1. The van der Waals surface area contributed by atoms with Crippen molar-refractivity contribution in [1.82, 2.24) is 0 Å². The van der Waals surface area contributed by atoms with Gasteiger partial charge in [-0.25, -0.2) is 4.39 Å². The SMILES string of the molecule is NCCc1cc(Cl)ccc1OCCOc1ccc(F)cc1. The van der Waals surface area contributed by atoms with Crippen molar-refractivity contribution in [3.8, 4) is 11.5 Å². The molecular weight excluding hydrogens is 293 g/mol. The molecular formula is C16H17ClFNO2. The summed E-state index contributed by atoms with van der Waals surface area (Å²) in [7, 11) is 0. The van der Waals surface area contributed by atoms with E-state index in [1.165, 1.54) is 12.1 Å². The molecule has 0 heterocycles. The van der Waals surface area contributed by atoms with Gasteiger partial charge in [0.15, 0.2) is 0 Å². The summed E-state index contributed by atoms with van der Waals surface area (Å²) >= 11 is 5.95. The summed E-state index contributed by atoms with van der Waals surface area (Å²) in [5.41, 5.74) is 6.55. The first-order valence-corrected chi connectivity index (χ1v) is 7.06. The molecule has 0 aliphatic carbocycles. The Morgan fingerprint density at radius 1 is 1.00 bits per heavy atom. The average molecular weight is 310 g/mol. The van der Waals surface area contributed by atoms with Crippen LogP contribution in [0.2, 0.25) is 5.02 Å². The van der Waals surface area contributed by atoms with Crippen LogP contribution in [-0.4, -0.2) is 19.8 Å². The summed E-state index contributed by atoms with van der Waals surface area (Å²) < 4.78 is 23.9. The fraction of sp³-hybridized carbons (Fsp3) is 0.250. The molecule has 0 aromatic heterocycles. The molecule has 0 radical (unpaired) electrons. The first-order valence-electron chi connectivity index (χ1n) is 6.68. The Hall–Kier alpha value is -1.78. The van der Waals surface area contributed by atoms with E-state index in [9.17, 15) is 4.39 Å². The average Bonchev–Trinajstić information content (AvgIpc) is 2.48. The summed E-state index contributed by atoms with van der Waals surface area (Å²) in [6.07, 6.45) is 0.703. The standard InChI is InChI=1S/C16H17ClFNO2/c17-13-1-6-16(12(11-13)7-8-19)21-10-9-20-15-4-2-14(18)3-5-15/h1-6,11H,7-10,19H2. The molecule has 0 aliphatic rings. The molecule has 0 unspecified atom stereocenters. The third-order valence-electron chi connectivity index (χ3n) is 2.86. The maximum absolute atomic E-state index is 12.7. The lowest BCUT2D eigenvalue weighted by Crippen LogP contribution is -2.11. The second-order valence-electron chi connectivity index (χ2n) is 4.44. The first kappa shape index (κ1) is 15.6. The van der Waals surface area contributed by atoms with Gasteiger partial charge in [0.05, 0.1) is 0 Å². The summed E-state index contributed by atoms with van der Waals surface area (Å²) in [5.74, 6) is 1.08. The molecule has 2 rings (SSSR count). The molecule has 112 valence electrons. The Morgan fingerprint density at radius 3 is 2.43 bits per heavy atom. The fourth-order valence-corrected chi connectivity index (χ4v) is 2.08. The molecule has 5 heteroatoms. The smallest absolute Gasteiger partial charge is 0.123 e. The molecule has 0 amide bonds. The molecule has 0 saturated heterocycles. The zero-order valence-corrected chi connectivity index (χ0v) is 12.3. The number of benzene rings is 2. The minimum atomic E-state index is -0.286. The Morgan fingerprint density at radius 2 is 1.71 bits per heavy atom. The summed E-state index contributed by atoms with van der Waals surface area (Å²) in [6.45, 7) is 1.29. The van der Waals surface area contributed by atoms with Gasteiger partial charge in [0.1, 0.15) is 30.5 Å². The molecule has 2 N–H and O–H groups in total. The van der Waals surface area contributed by atoms with Crippen LogP contribution in [0.3, 0.4) is 0 Å². The number of ether oxygens (including phenoxy) is 2. The van der Waals surface area contributed by atoms with Crippen molar-refractivity contribution in [3.63, 3.8) is 0 Å². The van der Waals surface area contributed by atoms with Gasteiger partial charge in [0.25, 0.3) is 0 Å².